The fraction of sp³-hybridized carbons (Fsp3) is 0.217. The van der Waals surface area contributed by atoms with E-state index in [4.69, 9.17) is 14.2 Å². The molecule has 1 aromatic heterocycles. The molecule has 168 valence electrons. The minimum atomic E-state index is -0.442. The van der Waals surface area contributed by atoms with Gasteiger partial charge in [-0.1, -0.05) is 12.1 Å². The van der Waals surface area contributed by atoms with Crippen LogP contribution < -0.4 is 25.0 Å². The lowest BCUT2D eigenvalue weighted by molar-refractivity contribution is -0.116. The van der Waals surface area contributed by atoms with Gasteiger partial charge >= 0.3 is 0 Å². The molecule has 1 heterocycles. The Hall–Kier alpha value is -3.85. The smallest absolute Gasteiger partial charge is 0.244 e. The van der Waals surface area contributed by atoms with Crippen molar-refractivity contribution in [3.8, 4) is 17.2 Å². The third-order valence-electron chi connectivity index (χ3n) is 4.65. The molecule has 1 amide bonds. The van der Waals surface area contributed by atoms with Gasteiger partial charge in [0.1, 0.15) is 30.5 Å². The van der Waals surface area contributed by atoms with Crippen LogP contribution in [-0.4, -0.2) is 29.8 Å². The first kappa shape index (κ1) is 22.8. The van der Waals surface area contributed by atoms with Crippen LogP contribution in [0.25, 0.3) is 0 Å². The van der Waals surface area contributed by atoms with Crippen molar-refractivity contribution in [2.24, 2.45) is 0 Å². The van der Waals surface area contributed by atoms with Gasteiger partial charge in [0.2, 0.25) is 11.3 Å². The molecule has 0 bridgehead atoms. The highest BCUT2D eigenvalue weighted by atomic mass is 19.1. The van der Waals surface area contributed by atoms with Crippen molar-refractivity contribution in [3.05, 3.63) is 82.0 Å². The van der Waals surface area contributed by atoms with Crippen LogP contribution in [0.2, 0.25) is 0 Å². The molecular weight excluding hydrogens is 419 g/mol. The van der Waals surface area contributed by atoms with E-state index in [9.17, 15) is 19.1 Å². The first-order chi connectivity index (χ1) is 15.4. The molecule has 0 spiro atoms. The Morgan fingerprint density at radius 1 is 1.06 bits per heavy atom. The van der Waals surface area contributed by atoms with Gasteiger partial charge in [0, 0.05) is 17.8 Å². The summed E-state index contributed by atoms with van der Waals surface area (Å²) >= 11 is 0. The zero-order chi connectivity index (χ0) is 23.1. The molecular formula is C23H23FN2O6. The van der Waals surface area contributed by atoms with E-state index in [1.54, 1.807) is 30.3 Å². The summed E-state index contributed by atoms with van der Waals surface area (Å²) in [6, 6.07) is 11.9. The molecule has 0 unspecified atom stereocenters. The second-order valence-corrected chi connectivity index (χ2v) is 6.81. The van der Waals surface area contributed by atoms with Gasteiger partial charge in [0.25, 0.3) is 0 Å². The highest BCUT2D eigenvalue weighted by Crippen LogP contribution is 2.28. The zero-order valence-corrected chi connectivity index (χ0v) is 17.6. The van der Waals surface area contributed by atoms with Gasteiger partial charge in [-0.15, -0.1) is 0 Å². The predicted molar refractivity (Wildman–Crippen MR) is 116 cm³/mol. The molecule has 0 fully saturated rings. The number of amides is 1. The lowest BCUT2D eigenvalue weighted by Gasteiger charge is -2.16. The molecule has 0 aliphatic rings. The molecule has 0 aliphatic carbocycles. The number of aliphatic hydroxyl groups is 1. The van der Waals surface area contributed by atoms with Gasteiger partial charge in [-0.05, 0) is 29.8 Å². The molecule has 3 aromatic rings. The van der Waals surface area contributed by atoms with Gasteiger partial charge in [0.15, 0.2) is 5.75 Å². The van der Waals surface area contributed by atoms with Crippen molar-refractivity contribution in [3.63, 3.8) is 0 Å². The van der Waals surface area contributed by atoms with Crippen LogP contribution in [0.3, 0.4) is 0 Å². The number of methoxy groups -OCH3 is 2. The Kier molecular flexibility index (Phi) is 7.45. The second-order valence-electron chi connectivity index (χ2n) is 6.81. The maximum absolute atomic E-state index is 13.0. The molecule has 0 saturated heterocycles. The van der Waals surface area contributed by atoms with E-state index in [0.29, 0.717) is 22.7 Å². The molecule has 32 heavy (non-hydrogen) atoms. The average Bonchev–Trinajstić information content (AvgIpc) is 2.80. The first-order valence-corrected chi connectivity index (χ1v) is 9.67. The van der Waals surface area contributed by atoms with Crippen LogP contribution in [0.5, 0.6) is 17.2 Å². The third-order valence-corrected chi connectivity index (χ3v) is 4.65. The van der Waals surface area contributed by atoms with Crippen LogP contribution >= 0.6 is 0 Å². The second kappa shape index (κ2) is 10.5. The fourth-order valence-corrected chi connectivity index (χ4v) is 2.98. The number of halogens is 1. The minimum Gasteiger partial charge on any atom is -0.497 e. The van der Waals surface area contributed by atoms with E-state index in [2.05, 4.69) is 5.32 Å². The Labute approximate surface area is 183 Å². The maximum atomic E-state index is 13.0. The number of anilines is 1. The van der Waals surface area contributed by atoms with E-state index < -0.39 is 17.9 Å². The first-order valence-electron chi connectivity index (χ1n) is 9.67. The van der Waals surface area contributed by atoms with E-state index in [0.717, 1.165) is 0 Å². The number of ether oxygens (including phenoxy) is 3. The van der Waals surface area contributed by atoms with Crippen LogP contribution in [-0.2, 0) is 24.6 Å². The summed E-state index contributed by atoms with van der Waals surface area (Å²) in [7, 11) is 2.99. The maximum Gasteiger partial charge on any atom is 0.244 e. The molecule has 0 radical (unpaired) electrons. The van der Waals surface area contributed by atoms with Crippen LogP contribution in [0, 0.1) is 5.82 Å². The number of nitrogens with zero attached hydrogens (tertiary/aromatic N) is 1. The number of hydrogen-bond acceptors (Lipinski definition) is 6. The quantitative estimate of drug-likeness (QED) is 0.529. The monoisotopic (exact) mass is 442 g/mol. The molecule has 0 atom stereocenters. The summed E-state index contributed by atoms with van der Waals surface area (Å²) in [6.45, 7) is -0.589. The topological polar surface area (TPSA) is 99.0 Å². The van der Waals surface area contributed by atoms with Crippen molar-refractivity contribution >= 4 is 11.6 Å². The fourth-order valence-electron chi connectivity index (χ4n) is 2.98. The van der Waals surface area contributed by atoms with Crippen molar-refractivity contribution in [2.75, 3.05) is 19.5 Å². The minimum absolute atomic E-state index is 0.00159. The third kappa shape index (κ3) is 5.64. The summed E-state index contributed by atoms with van der Waals surface area (Å²) in [5, 5.41) is 12.3. The summed E-state index contributed by atoms with van der Waals surface area (Å²) in [5.74, 6) is 0.196. The van der Waals surface area contributed by atoms with Gasteiger partial charge in [-0.2, -0.15) is 0 Å². The molecule has 9 heteroatoms. The number of carbonyl (C=O) groups excluding carboxylic acids is 1. The lowest BCUT2D eigenvalue weighted by atomic mass is 10.2. The Morgan fingerprint density at radius 2 is 1.81 bits per heavy atom. The molecule has 8 nitrogen and oxygen atoms in total. The standard InChI is InChI=1S/C23H23FN2O6/c1-30-18-7-8-21(31-2)19(10-18)25-23(29)12-26-11-22(20(28)9-17(26)13-27)32-14-15-3-5-16(24)6-4-15/h3-11,27H,12-14H2,1-2H3,(H,25,29). The molecule has 0 saturated carbocycles. The SMILES string of the molecule is COc1ccc(OC)c(NC(=O)Cn2cc(OCc3ccc(F)cc3)c(=O)cc2CO)c1. The number of nitrogens with one attached hydrogen (secondary N) is 1. The number of hydrogen-bond donors (Lipinski definition) is 2. The number of pyridine rings is 1. The van der Waals surface area contributed by atoms with E-state index in [1.165, 1.54) is 43.2 Å². The van der Waals surface area contributed by atoms with Gasteiger partial charge in [0.05, 0.1) is 32.7 Å². The van der Waals surface area contributed by atoms with Gasteiger partial charge < -0.3 is 29.2 Å². The van der Waals surface area contributed by atoms with Crippen LogP contribution in [0.4, 0.5) is 10.1 Å². The summed E-state index contributed by atoms with van der Waals surface area (Å²) in [6.07, 6.45) is 1.36. The van der Waals surface area contributed by atoms with E-state index >= 15 is 0 Å². The molecule has 0 aliphatic heterocycles. The normalized spacial score (nSPS) is 10.5. The van der Waals surface area contributed by atoms with Crippen LogP contribution in [0.1, 0.15) is 11.3 Å². The Bertz CT molecular complexity index is 1140. The summed E-state index contributed by atoms with van der Waals surface area (Å²) < 4.78 is 30.5. The number of rotatable bonds is 9. The number of benzene rings is 2. The van der Waals surface area contributed by atoms with Crippen LogP contribution in [0.15, 0.2) is 59.5 Å². The lowest BCUT2D eigenvalue weighted by Crippen LogP contribution is -2.23. The Balaban J connectivity index is 1.77. The summed E-state index contributed by atoms with van der Waals surface area (Å²) in [5.41, 5.74) is 0.891. The highest BCUT2D eigenvalue weighted by molar-refractivity contribution is 5.92. The molecule has 2 aromatic carbocycles. The predicted octanol–water partition coefficient (Wildman–Crippen LogP) is 2.71. The number of aromatic nitrogens is 1. The van der Waals surface area contributed by atoms with Crippen molar-refractivity contribution < 1.29 is 28.5 Å². The number of aliphatic hydroxyl groups excluding tert-OH is 1. The zero-order valence-electron chi connectivity index (χ0n) is 17.6. The molecule has 3 rings (SSSR count). The van der Waals surface area contributed by atoms with Gasteiger partial charge in [-0.25, -0.2) is 4.39 Å². The largest absolute Gasteiger partial charge is 0.497 e. The van der Waals surface area contributed by atoms with Crippen molar-refractivity contribution in [1.82, 2.24) is 4.57 Å². The van der Waals surface area contributed by atoms with Gasteiger partial charge in [-0.3, -0.25) is 9.59 Å². The summed E-state index contributed by atoms with van der Waals surface area (Å²) in [4.78, 5) is 25.0. The highest BCUT2D eigenvalue weighted by Gasteiger charge is 2.13. The van der Waals surface area contributed by atoms with E-state index in [-0.39, 0.29) is 30.4 Å². The van der Waals surface area contributed by atoms with E-state index in [1.807, 2.05) is 0 Å². The molecule has 2 N–H and O–H groups in total. The van der Waals surface area contributed by atoms with Crippen molar-refractivity contribution in [2.45, 2.75) is 19.8 Å². The van der Waals surface area contributed by atoms with Crippen molar-refractivity contribution in [1.29, 1.82) is 0 Å². The average molecular weight is 442 g/mol. The Morgan fingerprint density at radius 3 is 2.47 bits per heavy atom. The number of carbonyl (C=O) groups is 1.